The summed E-state index contributed by atoms with van der Waals surface area (Å²) in [4.78, 5) is 14.9. The van der Waals surface area contributed by atoms with Gasteiger partial charge in [-0.15, -0.1) is 0 Å². The van der Waals surface area contributed by atoms with Crippen molar-refractivity contribution in [2.45, 2.75) is 50.7 Å². The number of nitrogens with zero attached hydrogens (tertiary/aromatic N) is 2. The van der Waals surface area contributed by atoms with Crippen LogP contribution >= 0.6 is 11.6 Å². The van der Waals surface area contributed by atoms with Crippen LogP contribution in [0.4, 0.5) is 4.39 Å². The van der Waals surface area contributed by atoms with Crippen LogP contribution in [0.2, 0.25) is 5.02 Å². The molecule has 1 atom stereocenters. The summed E-state index contributed by atoms with van der Waals surface area (Å²) < 4.78 is 49.1. The third-order valence-corrected chi connectivity index (χ3v) is 8.70. The molecule has 7 nitrogen and oxygen atoms in total. The lowest BCUT2D eigenvalue weighted by Gasteiger charge is -2.33. The largest absolute Gasteiger partial charge is 0.489 e. The molecule has 1 saturated carbocycles. The zero-order valence-electron chi connectivity index (χ0n) is 19.4. The molecule has 10 heteroatoms. The van der Waals surface area contributed by atoms with Gasteiger partial charge in [0.1, 0.15) is 17.7 Å². The van der Waals surface area contributed by atoms with Gasteiger partial charge in [0.25, 0.3) is 5.91 Å². The minimum absolute atomic E-state index is 0.116. The molecule has 35 heavy (non-hydrogen) atoms. The first-order valence-corrected chi connectivity index (χ1v) is 13.9. The van der Waals surface area contributed by atoms with E-state index in [0.717, 1.165) is 54.8 Å². The van der Waals surface area contributed by atoms with Gasteiger partial charge in [-0.05, 0) is 67.8 Å². The van der Waals surface area contributed by atoms with Crippen LogP contribution < -0.4 is 9.46 Å². The molecule has 2 aromatic rings. The van der Waals surface area contributed by atoms with E-state index < -0.39 is 21.9 Å². The van der Waals surface area contributed by atoms with E-state index in [1.165, 1.54) is 16.4 Å². The second kappa shape index (κ2) is 10.0. The monoisotopic (exact) mass is 521 g/mol. The molecule has 2 aromatic carbocycles. The van der Waals surface area contributed by atoms with E-state index in [4.69, 9.17) is 16.3 Å². The summed E-state index contributed by atoms with van der Waals surface area (Å²) in [5.74, 6) is -1.11. The number of hydrogen-bond donors (Lipinski definition) is 1. The molecule has 2 saturated heterocycles. The Balaban J connectivity index is 1.30. The molecular weight excluding hydrogens is 493 g/mol. The number of rotatable bonds is 8. The Hall–Kier alpha value is -2.20. The second-order valence-corrected chi connectivity index (χ2v) is 11.6. The Labute approximate surface area is 210 Å². The third kappa shape index (κ3) is 5.63. The van der Waals surface area contributed by atoms with E-state index in [9.17, 15) is 13.2 Å². The molecule has 1 N–H and O–H groups in total. The van der Waals surface area contributed by atoms with Crippen molar-refractivity contribution in [3.05, 3.63) is 63.9 Å². The van der Waals surface area contributed by atoms with E-state index in [0.29, 0.717) is 31.9 Å². The fraction of sp³-hybridized carbons (Fsp3) is 0.480. The number of nitrogens with one attached hydrogen (secondary N) is 1. The summed E-state index contributed by atoms with van der Waals surface area (Å²) in [7, 11) is -3.95. The minimum atomic E-state index is -3.95. The molecule has 0 bridgehead atoms. The second-order valence-electron chi connectivity index (χ2n) is 9.54. The number of halogens is 2. The predicted molar refractivity (Wildman–Crippen MR) is 131 cm³/mol. The number of hydrogen-bond acceptors (Lipinski definition) is 5. The Kier molecular flexibility index (Phi) is 7.03. The van der Waals surface area contributed by atoms with Gasteiger partial charge in [0.05, 0.1) is 5.56 Å². The lowest BCUT2D eigenvalue weighted by Crippen LogP contribution is -2.49. The average Bonchev–Trinajstić information content (AvgIpc) is 3.59. The molecule has 0 unspecified atom stereocenters. The van der Waals surface area contributed by atoms with Crippen LogP contribution in [0.5, 0.6) is 5.75 Å². The highest BCUT2D eigenvalue weighted by Crippen LogP contribution is 2.45. The van der Waals surface area contributed by atoms with Crippen molar-refractivity contribution in [3.63, 3.8) is 0 Å². The zero-order chi connectivity index (χ0) is 24.6. The molecule has 188 valence electrons. The van der Waals surface area contributed by atoms with Crippen molar-refractivity contribution in [1.29, 1.82) is 0 Å². The number of carbonyl (C=O) groups is 1. The first-order valence-electron chi connectivity index (χ1n) is 12.1. The van der Waals surface area contributed by atoms with E-state index in [1.54, 1.807) is 0 Å². The van der Waals surface area contributed by atoms with Crippen molar-refractivity contribution in [2.75, 3.05) is 26.2 Å². The first-order chi connectivity index (χ1) is 16.8. The summed E-state index contributed by atoms with van der Waals surface area (Å²) in [5.41, 5.74) is 1.55. The lowest BCUT2D eigenvalue weighted by molar-refractivity contribution is 0.0832. The van der Waals surface area contributed by atoms with Crippen LogP contribution in [-0.2, 0) is 16.8 Å². The smallest absolute Gasteiger partial charge is 0.304 e. The lowest BCUT2D eigenvalue weighted by atomic mass is 10.0. The first kappa shape index (κ1) is 24.5. The van der Waals surface area contributed by atoms with Gasteiger partial charge in [-0.1, -0.05) is 29.8 Å². The number of carbonyl (C=O) groups excluding carboxylic acids is 1. The van der Waals surface area contributed by atoms with Crippen molar-refractivity contribution in [2.24, 2.45) is 0 Å². The van der Waals surface area contributed by atoms with E-state index in [2.05, 4.69) is 4.90 Å². The molecular formula is C25H29ClFN3O4S. The predicted octanol–water partition coefficient (Wildman–Crippen LogP) is 4.08. The third-order valence-electron chi connectivity index (χ3n) is 6.85. The average molecular weight is 522 g/mol. The fourth-order valence-electron chi connectivity index (χ4n) is 4.63. The van der Waals surface area contributed by atoms with Gasteiger partial charge in [0, 0.05) is 37.3 Å². The van der Waals surface area contributed by atoms with Crippen LogP contribution in [0.15, 0.2) is 36.4 Å². The van der Waals surface area contributed by atoms with Crippen molar-refractivity contribution in [1.82, 2.24) is 13.9 Å². The van der Waals surface area contributed by atoms with Crippen molar-refractivity contribution >= 4 is 27.7 Å². The number of piperidine rings is 1. The SMILES string of the molecule is O=C(NS(=O)(=O)N1CCC1)c1cc(C2CC2)c(O[C@@H]2CCCN(Cc3ccccc3Cl)C2)cc1F. The summed E-state index contributed by atoms with van der Waals surface area (Å²) in [6.45, 7) is 3.06. The summed E-state index contributed by atoms with van der Waals surface area (Å²) in [6, 6.07) is 10.5. The van der Waals surface area contributed by atoms with Gasteiger partial charge in [-0.2, -0.15) is 12.7 Å². The topological polar surface area (TPSA) is 79.0 Å². The van der Waals surface area contributed by atoms with E-state index >= 15 is 4.39 Å². The zero-order valence-corrected chi connectivity index (χ0v) is 21.0. The molecule has 1 amide bonds. The highest BCUT2D eigenvalue weighted by Gasteiger charge is 2.33. The van der Waals surface area contributed by atoms with Crippen molar-refractivity contribution in [3.8, 4) is 5.75 Å². The molecule has 2 aliphatic heterocycles. The molecule has 0 aromatic heterocycles. The van der Waals surface area contributed by atoms with Crippen LogP contribution in [0.3, 0.4) is 0 Å². The van der Waals surface area contributed by atoms with Crippen molar-refractivity contribution < 1.29 is 22.3 Å². The maximum Gasteiger partial charge on any atom is 0.304 e. The van der Waals surface area contributed by atoms with Gasteiger partial charge < -0.3 is 4.74 Å². The van der Waals surface area contributed by atoms with Crippen LogP contribution in [0.1, 0.15) is 59.5 Å². The van der Waals surface area contributed by atoms with E-state index in [-0.39, 0.29) is 17.6 Å². The Morgan fingerprint density at radius 1 is 1.11 bits per heavy atom. The summed E-state index contributed by atoms with van der Waals surface area (Å²) in [5, 5.41) is 0.735. The highest BCUT2D eigenvalue weighted by molar-refractivity contribution is 7.87. The van der Waals surface area contributed by atoms with Gasteiger partial charge in [-0.3, -0.25) is 9.69 Å². The Bertz CT molecular complexity index is 1220. The number of likely N-dealkylation sites (tertiary alicyclic amines) is 1. The van der Waals surface area contributed by atoms with Crippen LogP contribution in [0.25, 0.3) is 0 Å². The Morgan fingerprint density at radius 2 is 1.89 bits per heavy atom. The molecule has 5 rings (SSSR count). The normalized spacial score (nSPS) is 21.4. The minimum Gasteiger partial charge on any atom is -0.489 e. The standard InChI is InChI=1S/C25H29ClFN3O4S/c26-22-7-2-1-5-18(22)15-29-10-3-6-19(16-29)34-24-14-23(27)21(13-20(24)17-8-9-17)25(31)28-35(32,33)30-11-4-12-30/h1-2,5,7,13-14,17,19H,3-4,6,8-12,15-16H2,(H,28,31)/t19-/m1/s1. The fourth-order valence-corrected chi connectivity index (χ4v) is 6.03. The number of benzene rings is 2. The number of amides is 1. The van der Waals surface area contributed by atoms with Gasteiger partial charge in [0.15, 0.2) is 0 Å². The van der Waals surface area contributed by atoms with E-state index in [1.807, 2.05) is 29.0 Å². The molecule has 0 spiro atoms. The molecule has 0 radical (unpaired) electrons. The van der Waals surface area contributed by atoms with Gasteiger partial charge >= 0.3 is 10.2 Å². The van der Waals surface area contributed by atoms with Gasteiger partial charge in [0.2, 0.25) is 0 Å². The maximum absolute atomic E-state index is 15.0. The molecule has 2 heterocycles. The number of ether oxygens (including phenoxy) is 1. The van der Waals surface area contributed by atoms with Crippen LogP contribution in [-0.4, -0.2) is 55.8 Å². The summed E-state index contributed by atoms with van der Waals surface area (Å²) in [6.07, 6.45) is 4.29. The molecule has 3 fully saturated rings. The van der Waals surface area contributed by atoms with Gasteiger partial charge in [-0.25, -0.2) is 9.11 Å². The maximum atomic E-state index is 15.0. The molecule has 3 aliphatic rings. The molecule has 1 aliphatic carbocycles. The quantitative estimate of drug-likeness (QED) is 0.566. The highest BCUT2D eigenvalue weighted by atomic mass is 35.5. The van der Waals surface area contributed by atoms with Crippen LogP contribution in [0, 0.1) is 5.82 Å². The Morgan fingerprint density at radius 3 is 2.57 bits per heavy atom. The summed E-state index contributed by atoms with van der Waals surface area (Å²) >= 11 is 6.33.